The van der Waals surface area contributed by atoms with Gasteiger partial charge >= 0.3 is 0 Å². The van der Waals surface area contributed by atoms with Gasteiger partial charge in [-0.3, -0.25) is 4.98 Å². The molecule has 2 rings (SSSR count). The average molecular weight is 236 g/mol. The van der Waals surface area contributed by atoms with Crippen molar-refractivity contribution >= 4 is 26.8 Å². The molecular formula is C11H10BrN. The first-order valence-corrected chi connectivity index (χ1v) is 4.99. The monoisotopic (exact) mass is 235 g/mol. The zero-order valence-electron chi connectivity index (χ0n) is 7.63. The van der Waals surface area contributed by atoms with Crippen molar-refractivity contribution in [3.8, 4) is 0 Å². The summed E-state index contributed by atoms with van der Waals surface area (Å²) in [6.07, 6.45) is 1.82. The molecule has 0 spiro atoms. The van der Waals surface area contributed by atoms with Crippen LogP contribution in [0.4, 0.5) is 0 Å². The summed E-state index contributed by atoms with van der Waals surface area (Å²) >= 11 is 3.52. The Kier molecular flexibility index (Phi) is 2.08. The van der Waals surface area contributed by atoms with Crippen LogP contribution >= 0.6 is 15.9 Å². The lowest BCUT2D eigenvalue weighted by atomic mass is 10.1. The SMILES string of the molecule is Cc1cc2nccc(Br)c2cc1C. The van der Waals surface area contributed by atoms with Gasteiger partial charge in [-0.25, -0.2) is 0 Å². The van der Waals surface area contributed by atoms with Crippen LogP contribution in [0, 0.1) is 13.8 Å². The molecule has 0 radical (unpaired) electrons. The Bertz CT molecular complexity index is 463. The molecule has 2 heteroatoms. The molecule has 0 bridgehead atoms. The van der Waals surface area contributed by atoms with E-state index < -0.39 is 0 Å². The highest BCUT2D eigenvalue weighted by atomic mass is 79.9. The van der Waals surface area contributed by atoms with Crippen LogP contribution in [0.2, 0.25) is 0 Å². The fraction of sp³-hybridized carbons (Fsp3) is 0.182. The number of halogens is 1. The van der Waals surface area contributed by atoms with Gasteiger partial charge in [0.2, 0.25) is 0 Å². The second-order valence-electron chi connectivity index (χ2n) is 3.25. The van der Waals surface area contributed by atoms with Crippen LogP contribution in [0.1, 0.15) is 11.1 Å². The van der Waals surface area contributed by atoms with E-state index >= 15 is 0 Å². The third kappa shape index (κ3) is 1.46. The molecule has 0 aliphatic carbocycles. The van der Waals surface area contributed by atoms with Crippen LogP contribution in [-0.4, -0.2) is 4.98 Å². The summed E-state index contributed by atoms with van der Waals surface area (Å²) in [5.41, 5.74) is 3.65. The fourth-order valence-corrected chi connectivity index (χ4v) is 1.81. The van der Waals surface area contributed by atoms with Crippen LogP contribution in [-0.2, 0) is 0 Å². The zero-order chi connectivity index (χ0) is 9.42. The molecule has 1 heterocycles. The fourth-order valence-electron chi connectivity index (χ4n) is 1.37. The molecule has 1 aromatic carbocycles. The Balaban J connectivity index is 2.89. The highest BCUT2D eigenvalue weighted by molar-refractivity contribution is 9.10. The number of rotatable bonds is 0. The van der Waals surface area contributed by atoms with Crippen molar-refractivity contribution in [3.05, 3.63) is 40.0 Å². The maximum absolute atomic E-state index is 4.31. The molecule has 0 saturated heterocycles. The van der Waals surface area contributed by atoms with Gasteiger partial charge in [-0.05, 0) is 43.2 Å². The van der Waals surface area contributed by atoms with Gasteiger partial charge in [0.15, 0.2) is 0 Å². The smallest absolute Gasteiger partial charge is 0.0716 e. The van der Waals surface area contributed by atoms with Gasteiger partial charge in [0.25, 0.3) is 0 Å². The highest BCUT2D eigenvalue weighted by Crippen LogP contribution is 2.24. The van der Waals surface area contributed by atoms with Crippen molar-refractivity contribution in [1.29, 1.82) is 0 Å². The minimum Gasteiger partial charge on any atom is -0.256 e. The summed E-state index contributed by atoms with van der Waals surface area (Å²) in [6, 6.07) is 6.26. The minimum atomic E-state index is 1.05. The molecule has 66 valence electrons. The maximum Gasteiger partial charge on any atom is 0.0716 e. The third-order valence-corrected chi connectivity index (χ3v) is 3.00. The lowest BCUT2D eigenvalue weighted by Gasteiger charge is -2.04. The quantitative estimate of drug-likeness (QED) is 0.680. The van der Waals surface area contributed by atoms with E-state index in [0.29, 0.717) is 0 Å². The number of benzene rings is 1. The van der Waals surface area contributed by atoms with Crippen molar-refractivity contribution in [2.24, 2.45) is 0 Å². The Morgan fingerprint density at radius 3 is 2.62 bits per heavy atom. The Morgan fingerprint density at radius 1 is 1.15 bits per heavy atom. The van der Waals surface area contributed by atoms with E-state index in [9.17, 15) is 0 Å². The Labute approximate surface area is 85.9 Å². The van der Waals surface area contributed by atoms with Crippen LogP contribution in [0.15, 0.2) is 28.9 Å². The predicted molar refractivity (Wildman–Crippen MR) is 58.9 cm³/mol. The van der Waals surface area contributed by atoms with Gasteiger partial charge in [-0.1, -0.05) is 15.9 Å². The zero-order valence-corrected chi connectivity index (χ0v) is 9.22. The number of nitrogens with zero attached hydrogens (tertiary/aromatic N) is 1. The molecule has 0 unspecified atom stereocenters. The van der Waals surface area contributed by atoms with Gasteiger partial charge in [0.1, 0.15) is 0 Å². The van der Waals surface area contributed by atoms with Crippen LogP contribution in [0.25, 0.3) is 10.9 Å². The van der Waals surface area contributed by atoms with E-state index in [4.69, 9.17) is 0 Å². The lowest BCUT2D eigenvalue weighted by molar-refractivity contribution is 1.32. The summed E-state index contributed by atoms with van der Waals surface area (Å²) in [5, 5.41) is 1.19. The van der Waals surface area contributed by atoms with E-state index in [0.717, 1.165) is 9.99 Å². The normalized spacial score (nSPS) is 10.7. The molecular weight excluding hydrogens is 226 g/mol. The molecule has 0 fully saturated rings. The summed E-state index contributed by atoms with van der Waals surface area (Å²) in [4.78, 5) is 4.31. The summed E-state index contributed by atoms with van der Waals surface area (Å²) < 4.78 is 1.11. The van der Waals surface area contributed by atoms with E-state index in [1.54, 1.807) is 0 Å². The van der Waals surface area contributed by atoms with E-state index in [2.05, 4.69) is 46.9 Å². The molecule has 0 N–H and O–H groups in total. The van der Waals surface area contributed by atoms with Crippen molar-refractivity contribution in [2.45, 2.75) is 13.8 Å². The largest absolute Gasteiger partial charge is 0.256 e. The van der Waals surface area contributed by atoms with Crippen molar-refractivity contribution in [1.82, 2.24) is 4.98 Å². The summed E-state index contributed by atoms with van der Waals surface area (Å²) in [6.45, 7) is 4.23. The second-order valence-corrected chi connectivity index (χ2v) is 4.10. The van der Waals surface area contributed by atoms with Crippen molar-refractivity contribution < 1.29 is 0 Å². The van der Waals surface area contributed by atoms with Gasteiger partial charge in [0, 0.05) is 16.1 Å². The van der Waals surface area contributed by atoms with Crippen LogP contribution in [0.5, 0.6) is 0 Å². The van der Waals surface area contributed by atoms with Crippen LogP contribution < -0.4 is 0 Å². The van der Waals surface area contributed by atoms with E-state index in [1.807, 2.05) is 12.3 Å². The molecule has 0 saturated carbocycles. The first-order chi connectivity index (χ1) is 6.18. The first kappa shape index (κ1) is 8.70. The lowest BCUT2D eigenvalue weighted by Crippen LogP contribution is -1.85. The molecule has 0 amide bonds. The highest BCUT2D eigenvalue weighted by Gasteiger charge is 2.01. The third-order valence-electron chi connectivity index (χ3n) is 2.30. The molecule has 0 atom stereocenters. The van der Waals surface area contributed by atoms with Crippen molar-refractivity contribution in [3.63, 3.8) is 0 Å². The number of fused-ring (bicyclic) bond motifs is 1. The Morgan fingerprint density at radius 2 is 1.85 bits per heavy atom. The first-order valence-electron chi connectivity index (χ1n) is 4.20. The molecule has 2 aromatic rings. The maximum atomic E-state index is 4.31. The minimum absolute atomic E-state index is 1.05. The molecule has 1 aromatic heterocycles. The van der Waals surface area contributed by atoms with Gasteiger partial charge in [-0.15, -0.1) is 0 Å². The van der Waals surface area contributed by atoms with E-state index in [1.165, 1.54) is 16.5 Å². The Hall–Kier alpha value is -0.890. The van der Waals surface area contributed by atoms with E-state index in [-0.39, 0.29) is 0 Å². The number of aromatic nitrogens is 1. The number of aryl methyl sites for hydroxylation is 2. The van der Waals surface area contributed by atoms with Gasteiger partial charge in [0.05, 0.1) is 5.52 Å². The second kappa shape index (κ2) is 3.11. The topological polar surface area (TPSA) is 12.9 Å². The summed E-state index contributed by atoms with van der Waals surface area (Å²) in [5.74, 6) is 0. The predicted octanol–water partition coefficient (Wildman–Crippen LogP) is 3.61. The van der Waals surface area contributed by atoms with Crippen molar-refractivity contribution in [2.75, 3.05) is 0 Å². The van der Waals surface area contributed by atoms with Gasteiger partial charge in [-0.2, -0.15) is 0 Å². The van der Waals surface area contributed by atoms with Gasteiger partial charge < -0.3 is 0 Å². The number of hydrogen-bond donors (Lipinski definition) is 0. The number of hydrogen-bond acceptors (Lipinski definition) is 1. The molecule has 1 nitrogen and oxygen atoms in total. The molecule has 0 aliphatic heterocycles. The molecule has 13 heavy (non-hydrogen) atoms. The molecule has 0 aliphatic rings. The van der Waals surface area contributed by atoms with Crippen LogP contribution in [0.3, 0.4) is 0 Å². The number of pyridine rings is 1. The average Bonchev–Trinajstić information content (AvgIpc) is 2.09. The summed E-state index contributed by atoms with van der Waals surface area (Å²) in [7, 11) is 0. The standard InChI is InChI=1S/C11H10BrN/c1-7-5-9-10(12)3-4-13-11(9)6-8(7)2/h3-6H,1-2H3.